The first-order valence-corrected chi connectivity index (χ1v) is 36.3. The van der Waals surface area contributed by atoms with Crippen molar-refractivity contribution in [3.8, 4) is 28.0 Å². The fourth-order valence-corrected chi connectivity index (χ4v) is 15.0. The number of halogens is 1. The van der Waals surface area contributed by atoms with Gasteiger partial charge in [-0.1, -0.05) is 92.5 Å². The van der Waals surface area contributed by atoms with Crippen molar-refractivity contribution in [3.05, 3.63) is 152 Å². The number of para-hydroxylation sites is 1. The molecule has 29 heteroatoms. The van der Waals surface area contributed by atoms with Gasteiger partial charge in [0.2, 0.25) is 23.6 Å². The van der Waals surface area contributed by atoms with Crippen LogP contribution in [0, 0.1) is 30.0 Å². The van der Waals surface area contributed by atoms with Gasteiger partial charge in [-0.3, -0.25) is 39.2 Å². The molecule has 3 aromatic heterocycles. The number of β-amino-alcohol motifs (C(OH)–C–C–N with tert-alkyl or cyclic N) is 1. The van der Waals surface area contributed by atoms with Gasteiger partial charge in [0.25, 0.3) is 5.91 Å². The second-order valence-electron chi connectivity index (χ2n) is 26.0. The number of aryl methyl sites for hydroxylation is 2. The van der Waals surface area contributed by atoms with Crippen molar-refractivity contribution in [3.63, 3.8) is 0 Å². The molecule has 7 heterocycles. The molecule has 11 rings (SSSR count). The molecule has 2 saturated heterocycles. The number of hydrogen-bond acceptors (Lipinski definition) is 22. The number of carboxylic acids is 1. The SMILES string of the molecule is Cc1ncsc1-c1ccc(CNC(=O)[C@@H]2C[C@@H](O)CN2C(=O)[C@@H](NC(=O)COCCOCCOCC2=CN(CCCC(=O)N3CCN(CC#Cc4ccc(OCCCc5sc(N6CCc7cccc(C(=O)Nc8nc9ccccc9s8)c7C6)nc5C(=O)O)c(F)c4)CC3)NN2)C(C)(C)C)cc1. The Balaban J connectivity index is 0.516. The first kappa shape index (κ1) is 73.3. The Labute approximate surface area is 597 Å². The molecule has 3 atom stereocenters. The lowest BCUT2D eigenvalue weighted by Gasteiger charge is -2.35. The van der Waals surface area contributed by atoms with Crippen molar-refractivity contribution in [1.82, 2.24) is 56.3 Å². The maximum absolute atomic E-state index is 15.3. The number of rotatable bonds is 30. The number of thiazole rings is 3. The number of benzene rings is 4. The maximum atomic E-state index is 15.3. The third-order valence-corrected chi connectivity index (χ3v) is 20.7. The molecule has 0 spiro atoms. The van der Waals surface area contributed by atoms with E-state index in [1.165, 1.54) is 33.6 Å². The second-order valence-corrected chi connectivity index (χ2v) is 29.0. The summed E-state index contributed by atoms with van der Waals surface area (Å²) in [5.74, 6) is 3.03. The predicted octanol–water partition coefficient (Wildman–Crippen LogP) is 7.15. The monoisotopic (exact) mass is 1440 g/mol. The van der Waals surface area contributed by atoms with Crippen LogP contribution in [0.15, 0.2) is 102 Å². The Morgan fingerprint density at radius 1 is 0.881 bits per heavy atom. The lowest BCUT2D eigenvalue weighted by atomic mass is 9.85. The molecule has 0 saturated carbocycles. The number of piperazine rings is 1. The number of aliphatic hydroxyl groups is 1. The van der Waals surface area contributed by atoms with E-state index in [-0.39, 0.29) is 81.7 Å². The van der Waals surface area contributed by atoms with E-state index in [2.05, 4.69) is 58.6 Å². The zero-order chi connectivity index (χ0) is 71.0. The van der Waals surface area contributed by atoms with Crippen LogP contribution >= 0.6 is 34.0 Å². The van der Waals surface area contributed by atoms with Gasteiger partial charge in [0.15, 0.2) is 27.5 Å². The number of nitrogens with one attached hydrogen (secondary N) is 5. The molecular formula is C72H84FN13O12S3. The van der Waals surface area contributed by atoms with Crippen molar-refractivity contribution in [2.75, 3.05) is 109 Å². The van der Waals surface area contributed by atoms with Crippen molar-refractivity contribution in [1.29, 1.82) is 0 Å². The van der Waals surface area contributed by atoms with Crippen molar-refractivity contribution in [2.24, 2.45) is 5.41 Å². The highest BCUT2D eigenvalue weighted by atomic mass is 32.1. The Morgan fingerprint density at radius 2 is 1.67 bits per heavy atom. The molecule has 4 aliphatic rings. The summed E-state index contributed by atoms with van der Waals surface area (Å²) in [6.07, 6.45) is 3.53. The van der Waals surface area contributed by atoms with Gasteiger partial charge < -0.3 is 59.9 Å². The quantitative estimate of drug-likeness (QED) is 0.0174. The van der Waals surface area contributed by atoms with Crippen molar-refractivity contribution < 1.29 is 62.3 Å². The second kappa shape index (κ2) is 34.6. The van der Waals surface area contributed by atoms with Crippen LogP contribution in [0.25, 0.3) is 20.7 Å². The molecule has 7 N–H and O–H groups in total. The average Bonchev–Trinajstić information content (AvgIpc) is 1.77. The number of aromatic carboxylic acids is 1. The van der Waals surface area contributed by atoms with Crippen LogP contribution in [0.5, 0.6) is 5.75 Å². The first-order chi connectivity index (χ1) is 48.8. The zero-order valence-corrected chi connectivity index (χ0v) is 59.3. The van der Waals surface area contributed by atoms with E-state index in [9.17, 15) is 39.0 Å². The van der Waals surface area contributed by atoms with E-state index in [4.69, 9.17) is 18.9 Å². The summed E-state index contributed by atoms with van der Waals surface area (Å²) < 4.78 is 39.0. The van der Waals surface area contributed by atoms with Gasteiger partial charge in [0, 0.05) is 93.9 Å². The number of aromatic nitrogens is 3. The number of carbonyl (C=O) groups is 6. The molecule has 0 aliphatic carbocycles. The Morgan fingerprint density at radius 3 is 2.44 bits per heavy atom. The molecule has 534 valence electrons. The van der Waals surface area contributed by atoms with E-state index in [1.807, 2.05) is 109 Å². The number of ether oxygens (including phenoxy) is 4. The molecule has 4 aromatic carbocycles. The molecule has 2 fully saturated rings. The summed E-state index contributed by atoms with van der Waals surface area (Å²) >= 11 is 4.27. The highest BCUT2D eigenvalue weighted by molar-refractivity contribution is 7.22. The molecule has 4 aliphatic heterocycles. The summed E-state index contributed by atoms with van der Waals surface area (Å²) in [7, 11) is 0. The molecule has 0 unspecified atom stereocenters. The third kappa shape index (κ3) is 19.8. The largest absolute Gasteiger partial charge is 0.491 e. The summed E-state index contributed by atoms with van der Waals surface area (Å²) in [6.45, 7) is 13.2. The molecule has 101 heavy (non-hydrogen) atoms. The third-order valence-electron chi connectivity index (χ3n) is 17.6. The van der Waals surface area contributed by atoms with Crippen LogP contribution in [0.4, 0.5) is 14.7 Å². The van der Waals surface area contributed by atoms with Crippen LogP contribution in [0.1, 0.15) is 100 Å². The number of hydrogen-bond donors (Lipinski definition) is 7. The van der Waals surface area contributed by atoms with E-state index in [1.54, 1.807) is 35.0 Å². The number of aliphatic hydroxyl groups excluding tert-OH is 1. The predicted molar refractivity (Wildman–Crippen MR) is 382 cm³/mol. The molecule has 0 bridgehead atoms. The fraction of sp³-hybridized carbons (Fsp3) is 0.431. The summed E-state index contributed by atoms with van der Waals surface area (Å²) in [5.41, 5.74) is 14.6. The molecule has 7 aromatic rings. The summed E-state index contributed by atoms with van der Waals surface area (Å²) in [5, 5.41) is 32.3. The highest BCUT2D eigenvalue weighted by Gasteiger charge is 2.44. The van der Waals surface area contributed by atoms with Crippen LogP contribution < -0.4 is 36.5 Å². The zero-order valence-electron chi connectivity index (χ0n) is 56.9. The number of fused-ring (bicyclic) bond motifs is 2. The topological polar surface area (TPSA) is 295 Å². The smallest absolute Gasteiger partial charge is 0.355 e. The van der Waals surface area contributed by atoms with Crippen LogP contribution in [-0.2, 0) is 59.3 Å². The average molecular weight is 1440 g/mol. The van der Waals surface area contributed by atoms with Gasteiger partial charge in [-0.2, -0.15) is 0 Å². The normalized spacial score (nSPS) is 16.5. The Bertz CT molecular complexity index is 4150. The van der Waals surface area contributed by atoms with E-state index < -0.39 is 47.2 Å². The summed E-state index contributed by atoms with van der Waals surface area (Å²) in [4.78, 5) is 102. The number of nitrogens with zero attached hydrogens (tertiary/aromatic N) is 8. The number of likely N-dealkylation sites (tertiary alicyclic amines) is 1. The van der Waals surface area contributed by atoms with Gasteiger partial charge in [0.05, 0.1) is 84.3 Å². The van der Waals surface area contributed by atoms with Gasteiger partial charge >= 0.3 is 5.97 Å². The maximum Gasteiger partial charge on any atom is 0.355 e. The number of amides is 5. The van der Waals surface area contributed by atoms with Crippen LogP contribution in [0.3, 0.4) is 0 Å². The van der Waals surface area contributed by atoms with Crippen molar-refractivity contribution >= 4 is 90.0 Å². The lowest BCUT2D eigenvalue weighted by Crippen LogP contribution is -2.58. The lowest BCUT2D eigenvalue weighted by molar-refractivity contribution is -0.144. The fourth-order valence-electron chi connectivity index (χ4n) is 12.2. The minimum atomic E-state index is -1.14. The number of anilines is 2. The number of hydrazine groups is 2. The number of carbonyl (C=O) groups excluding carboxylic acids is 5. The van der Waals surface area contributed by atoms with Crippen LogP contribution in [0.2, 0.25) is 0 Å². The minimum Gasteiger partial charge on any atom is -0.491 e. The standard InChI is InChI=1S/C72H84FN13O12S3/c1-46-64(99-45-75-46)50-21-18-48(19-22-50)39-74-67(91)57-38-52(87)41-86(57)68(92)65(72(2,3)4)77-61(88)44-97-36-34-95-33-35-96-43-51-40-85(81-80-51)26-9-17-62(89)83-30-28-82(29-31-83)25-8-11-47-20-23-58(55(73)37-47)98-32-10-16-60-63(69(93)94)78-71(101-60)84-27-24-49-12-7-13-53(54(49)42-84)66(90)79-70-76-56-14-5-6-15-59(56)100-70/h5-7,12-15,18-23,37,40,45,52,57,65,80-81,87H,9-10,16-17,24-36,38-39,41-44H2,1-4H3,(H,74,91)(H,77,88)(H,93,94)(H,76,79,90)/t52-,57+,65-/m1/s1. The van der Waals surface area contributed by atoms with E-state index in [0.717, 1.165) is 48.7 Å². The minimum absolute atomic E-state index is 0.0307. The van der Waals surface area contributed by atoms with Gasteiger partial charge in [-0.15, -0.1) is 28.2 Å². The molecule has 25 nitrogen and oxygen atoms in total. The molecular weight excluding hydrogens is 1350 g/mol. The van der Waals surface area contributed by atoms with E-state index >= 15 is 4.39 Å². The van der Waals surface area contributed by atoms with Gasteiger partial charge in [-0.05, 0) is 96.7 Å². The molecule has 0 radical (unpaired) electrons. The van der Waals surface area contributed by atoms with Crippen molar-refractivity contribution in [2.45, 2.75) is 97.5 Å². The number of carboxylic acid groups (broad SMARTS) is 1. The van der Waals surface area contributed by atoms with Crippen LogP contribution in [-0.4, -0.2) is 197 Å². The first-order valence-electron chi connectivity index (χ1n) is 33.7. The van der Waals surface area contributed by atoms with E-state index in [0.29, 0.717) is 124 Å². The summed E-state index contributed by atoms with van der Waals surface area (Å²) in [6, 6.07) is 23.9. The Kier molecular flexibility index (Phi) is 25.1. The molecule has 5 amide bonds. The van der Waals surface area contributed by atoms with Gasteiger partial charge in [-0.25, -0.2) is 24.1 Å². The Hall–Kier alpha value is -8.96. The van der Waals surface area contributed by atoms with Gasteiger partial charge in [0.1, 0.15) is 18.7 Å². The highest BCUT2D eigenvalue weighted by Crippen LogP contribution is 2.35.